The Morgan fingerprint density at radius 3 is 2.55 bits per heavy atom. The summed E-state index contributed by atoms with van der Waals surface area (Å²) >= 11 is 3.32. The number of carbonyl (C=O) groups is 2. The molecule has 1 aromatic rings. The third-order valence-corrected chi connectivity index (χ3v) is 3.62. The Bertz CT molecular complexity index is 484. The monoisotopic (exact) mass is 341 g/mol. The molecule has 2 rings (SSSR count). The standard InChI is InChI=1S/C14H16BrNO4/c15-10-3-5-11(6-4-10)20-8-7-12(17)16-13(14(18)19)9-1-2-9/h3-6,9,13H,1-2,7-8H2,(H,16,17)(H,18,19). The summed E-state index contributed by atoms with van der Waals surface area (Å²) in [5, 5.41) is 11.6. The van der Waals surface area contributed by atoms with Gasteiger partial charge in [-0.15, -0.1) is 0 Å². The number of hydrogen-bond donors (Lipinski definition) is 2. The Hall–Kier alpha value is -1.56. The van der Waals surface area contributed by atoms with E-state index >= 15 is 0 Å². The lowest BCUT2D eigenvalue weighted by Crippen LogP contribution is -2.42. The molecule has 1 aliphatic carbocycles. The van der Waals surface area contributed by atoms with Gasteiger partial charge in [0.2, 0.25) is 5.91 Å². The molecule has 0 aromatic heterocycles. The zero-order valence-electron chi connectivity index (χ0n) is 10.8. The number of hydrogen-bond acceptors (Lipinski definition) is 3. The number of ether oxygens (including phenoxy) is 1. The molecule has 0 radical (unpaired) electrons. The fraction of sp³-hybridized carbons (Fsp3) is 0.429. The second-order valence-corrected chi connectivity index (χ2v) is 5.69. The lowest BCUT2D eigenvalue weighted by Gasteiger charge is -2.13. The minimum atomic E-state index is -0.963. The quantitative estimate of drug-likeness (QED) is 0.797. The van der Waals surface area contributed by atoms with Gasteiger partial charge < -0.3 is 15.2 Å². The van der Waals surface area contributed by atoms with Crippen molar-refractivity contribution in [2.75, 3.05) is 6.61 Å². The zero-order chi connectivity index (χ0) is 14.5. The number of rotatable bonds is 7. The van der Waals surface area contributed by atoms with E-state index in [0.29, 0.717) is 5.75 Å². The molecule has 1 aromatic carbocycles. The molecule has 1 atom stereocenters. The highest BCUT2D eigenvalue weighted by Crippen LogP contribution is 2.32. The van der Waals surface area contributed by atoms with Crippen molar-refractivity contribution in [1.82, 2.24) is 5.32 Å². The van der Waals surface area contributed by atoms with Gasteiger partial charge >= 0.3 is 5.97 Å². The maximum Gasteiger partial charge on any atom is 0.326 e. The molecule has 0 saturated heterocycles. The maximum absolute atomic E-state index is 11.7. The number of benzene rings is 1. The molecule has 0 aliphatic heterocycles. The highest BCUT2D eigenvalue weighted by Gasteiger charge is 2.37. The predicted octanol–water partition coefficient (Wildman–Crippen LogP) is 2.20. The topological polar surface area (TPSA) is 75.6 Å². The van der Waals surface area contributed by atoms with Gasteiger partial charge in [-0.2, -0.15) is 0 Å². The zero-order valence-corrected chi connectivity index (χ0v) is 12.4. The lowest BCUT2D eigenvalue weighted by molar-refractivity contribution is -0.142. The van der Waals surface area contributed by atoms with E-state index in [1.54, 1.807) is 12.1 Å². The van der Waals surface area contributed by atoms with Crippen LogP contribution in [0.3, 0.4) is 0 Å². The average molecular weight is 342 g/mol. The molecule has 2 N–H and O–H groups in total. The minimum absolute atomic E-state index is 0.0869. The Kier molecular flexibility index (Phi) is 5.00. The van der Waals surface area contributed by atoms with E-state index in [-0.39, 0.29) is 24.9 Å². The van der Waals surface area contributed by atoms with Crippen LogP contribution in [0.15, 0.2) is 28.7 Å². The summed E-state index contributed by atoms with van der Waals surface area (Å²) in [5.74, 6) is -0.488. The largest absolute Gasteiger partial charge is 0.493 e. The summed E-state index contributed by atoms with van der Waals surface area (Å²) in [6.07, 6.45) is 1.88. The normalized spacial score (nSPS) is 15.4. The second kappa shape index (κ2) is 6.74. The summed E-state index contributed by atoms with van der Waals surface area (Å²) in [6.45, 7) is 0.227. The molecule has 20 heavy (non-hydrogen) atoms. The Morgan fingerprint density at radius 1 is 1.35 bits per heavy atom. The predicted molar refractivity (Wildman–Crippen MR) is 76.5 cm³/mol. The van der Waals surface area contributed by atoms with Crippen LogP contribution in [0.25, 0.3) is 0 Å². The molecule has 6 heteroatoms. The van der Waals surface area contributed by atoms with Gasteiger partial charge in [-0.3, -0.25) is 4.79 Å². The Morgan fingerprint density at radius 2 is 2.00 bits per heavy atom. The molecule has 1 saturated carbocycles. The smallest absolute Gasteiger partial charge is 0.326 e. The van der Waals surface area contributed by atoms with Gasteiger partial charge in [-0.05, 0) is 43.0 Å². The van der Waals surface area contributed by atoms with E-state index < -0.39 is 12.0 Å². The molecule has 108 valence electrons. The summed E-state index contributed by atoms with van der Waals surface area (Å²) in [4.78, 5) is 22.7. The fourth-order valence-electron chi connectivity index (χ4n) is 1.85. The van der Waals surface area contributed by atoms with Crippen LogP contribution >= 0.6 is 15.9 Å². The van der Waals surface area contributed by atoms with Crippen LogP contribution in [-0.2, 0) is 9.59 Å². The molecule has 1 amide bonds. The van der Waals surface area contributed by atoms with Crippen LogP contribution in [0.1, 0.15) is 19.3 Å². The van der Waals surface area contributed by atoms with Crippen molar-refractivity contribution in [3.8, 4) is 5.75 Å². The SMILES string of the molecule is O=C(CCOc1ccc(Br)cc1)NC(C(=O)O)C1CC1. The van der Waals surface area contributed by atoms with Crippen molar-refractivity contribution in [3.05, 3.63) is 28.7 Å². The van der Waals surface area contributed by atoms with Crippen molar-refractivity contribution in [2.45, 2.75) is 25.3 Å². The minimum Gasteiger partial charge on any atom is -0.493 e. The van der Waals surface area contributed by atoms with Gasteiger partial charge in [0.25, 0.3) is 0 Å². The van der Waals surface area contributed by atoms with E-state index in [1.165, 1.54) is 0 Å². The molecule has 0 heterocycles. The maximum atomic E-state index is 11.7. The number of carboxylic acids is 1. The number of nitrogens with one attached hydrogen (secondary N) is 1. The number of carbonyl (C=O) groups excluding carboxylic acids is 1. The molecule has 1 unspecified atom stereocenters. The first kappa shape index (κ1) is 14.8. The Balaban J connectivity index is 1.72. The Labute approximate surface area is 125 Å². The van der Waals surface area contributed by atoms with Crippen molar-refractivity contribution in [2.24, 2.45) is 5.92 Å². The number of halogens is 1. The summed E-state index contributed by atoms with van der Waals surface area (Å²) in [6, 6.07) is 6.54. The van der Waals surface area contributed by atoms with Gasteiger partial charge in [0.05, 0.1) is 13.0 Å². The highest BCUT2D eigenvalue weighted by molar-refractivity contribution is 9.10. The third kappa shape index (κ3) is 4.52. The van der Waals surface area contributed by atoms with E-state index in [0.717, 1.165) is 17.3 Å². The van der Waals surface area contributed by atoms with Crippen molar-refractivity contribution >= 4 is 27.8 Å². The first-order valence-electron chi connectivity index (χ1n) is 6.47. The first-order valence-corrected chi connectivity index (χ1v) is 7.26. The fourth-order valence-corrected chi connectivity index (χ4v) is 2.11. The van der Waals surface area contributed by atoms with E-state index in [4.69, 9.17) is 9.84 Å². The van der Waals surface area contributed by atoms with E-state index in [9.17, 15) is 9.59 Å². The molecule has 0 bridgehead atoms. The third-order valence-electron chi connectivity index (χ3n) is 3.09. The molecule has 1 aliphatic rings. The summed E-state index contributed by atoms with van der Waals surface area (Å²) < 4.78 is 6.38. The van der Waals surface area contributed by atoms with E-state index in [2.05, 4.69) is 21.2 Å². The van der Waals surface area contributed by atoms with Crippen LogP contribution in [0.4, 0.5) is 0 Å². The van der Waals surface area contributed by atoms with Gasteiger partial charge in [-0.1, -0.05) is 15.9 Å². The van der Waals surface area contributed by atoms with Crippen molar-refractivity contribution in [1.29, 1.82) is 0 Å². The molecular weight excluding hydrogens is 326 g/mol. The molecule has 1 fully saturated rings. The van der Waals surface area contributed by atoms with Crippen LogP contribution in [0.2, 0.25) is 0 Å². The van der Waals surface area contributed by atoms with Gasteiger partial charge in [0.15, 0.2) is 0 Å². The lowest BCUT2D eigenvalue weighted by atomic mass is 10.2. The van der Waals surface area contributed by atoms with Crippen LogP contribution in [0.5, 0.6) is 5.75 Å². The molecule has 0 spiro atoms. The second-order valence-electron chi connectivity index (χ2n) is 4.77. The first-order chi connectivity index (χ1) is 9.56. The number of amides is 1. The number of carboxylic acid groups (broad SMARTS) is 1. The summed E-state index contributed by atoms with van der Waals surface area (Å²) in [5.41, 5.74) is 0. The van der Waals surface area contributed by atoms with Gasteiger partial charge in [-0.25, -0.2) is 4.79 Å². The van der Waals surface area contributed by atoms with Crippen LogP contribution < -0.4 is 10.1 Å². The van der Waals surface area contributed by atoms with Crippen LogP contribution in [-0.4, -0.2) is 29.6 Å². The van der Waals surface area contributed by atoms with Crippen molar-refractivity contribution < 1.29 is 19.4 Å². The summed E-state index contributed by atoms with van der Waals surface area (Å²) in [7, 11) is 0. The molecule has 5 nitrogen and oxygen atoms in total. The van der Waals surface area contributed by atoms with E-state index in [1.807, 2.05) is 12.1 Å². The van der Waals surface area contributed by atoms with Gasteiger partial charge in [0, 0.05) is 4.47 Å². The van der Waals surface area contributed by atoms with Crippen molar-refractivity contribution in [3.63, 3.8) is 0 Å². The number of aliphatic carboxylic acids is 1. The van der Waals surface area contributed by atoms with Crippen LogP contribution in [0, 0.1) is 5.92 Å². The highest BCUT2D eigenvalue weighted by atomic mass is 79.9. The average Bonchev–Trinajstić information content (AvgIpc) is 3.22. The molecular formula is C14H16BrNO4. The van der Waals surface area contributed by atoms with Gasteiger partial charge in [0.1, 0.15) is 11.8 Å².